The van der Waals surface area contributed by atoms with Crippen LogP contribution in [0.2, 0.25) is 0 Å². The number of rotatable bonds is 1. The topological polar surface area (TPSA) is 57.9 Å². The highest BCUT2D eigenvalue weighted by molar-refractivity contribution is 6.10. The van der Waals surface area contributed by atoms with Gasteiger partial charge in [0.25, 0.3) is 0 Å². The van der Waals surface area contributed by atoms with Crippen molar-refractivity contribution in [2.75, 3.05) is 0 Å². The van der Waals surface area contributed by atoms with Gasteiger partial charge < -0.3 is 0 Å². The Hall–Kier alpha value is -1.95. The van der Waals surface area contributed by atoms with E-state index >= 15 is 0 Å². The van der Waals surface area contributed by atoms with Crippen LogP contribution in [0.15, 0.2) is 24.3 Å². The van der Waals surface area contributed by atoms with Crippen molar-refractivity contribution in [3.63, 3.8) is 0 Å². The Bertz CT molecular complexity index is 532. The third-order valence-electron chi connectivity index (χ3n) is 3.34. The van der Waals surface area contributed by atoms with E-state index in [-0.39, 0.29) is 17.0 Å². The monoisotopic (exact) mass is 241 g/mol. The van der Waals surface area contributed by atoms with E-state index in [4.69, 9.17) is 5.26 Å². The lowest BCUT2D eigenvalue weighted by molar-refractivity contribution is -0.135. The summed E-state index contributed by atoms with van der Waals surface area (Å²) in [6.45, 7) is 3.85. The Morgan fingerprint density at radius 2 is 1.72 bits per heavy atom. The molecule has 1 aromatic carbocycles. The second kappa shape index (κ2) is 4.38. The highest BCUT2D eigenvalue weighted by atomic mass is 16.2. The normalized spacial score (nSPS) is 19.6. The Kier molecular flexibility index (Phi) is 3.04. The summed E-state index contributed by atoms with van der Waals surface area (Å²) in [6.07, 6.45) is 0.784. The molecule has 0 bridgehead atoms. The van der Waals surface area contributed by atoms with Gasteiger partial charge >= 0.3 is 0 Å². The van der Waals surface area contributed by atoms with Gasteiger partial charge in [-0.05, 0) is 17.0 Å². The van der Waals surface area contributed by atoms with Crippen molar-refractivity contribution in [1.29, 1.82) is 5.26 Å². The molecule has 0 heterocycles. The molecule has 1 fully saturated rings. The summed E-state index contributed by atoms with van der Waals surface area (Å²) in [4.78, 5) is 24.3. The first-order valence-electron chi connectivity index (χ1n) is 5.99. The minimum Gasteiger partial charge on any atom is -0.299 e. The number of hydrogen-bond donors (Lipinski definition) is 0. The molecular weight excluding hydrogens is 226 g/mol. The van der Waals surface area contributed by atoms with Crippen LogP contribution in [0.4, 0.5) is 0 Å². The van der Waals surface area contributed by atoms with Crippen molar-refractivity contribution >= 4 is 11.6 Å². The fourth-order valence-corrected chi connectivity index (χ4v) is 2.59. The minimum absolute atomic E-state index is 0.0704. The Morgan fingerprint density at radius 3 is 2.28 bits per heavy atom. The van der Waals surface area contributed by atoms with E-state index in [1.54, 1.807) is 24.3 Å². The number of carbonyl (C=O) groups excluding carboxylic acids is 2. The molecule has 18 heavy (non-hydrogen) atoms. The van der Waals surface area contributed by atoms with Crippen LogP contribution in [0.1, 0.15) is 43.7 Å². The van der Waals surface area contributed by atoms with Crippen LogP contribution in [0.3, 0.4) is 0 Å². The van der Waals surface area contributed by atoms with Crippen LogP contribution in [0.25, 0.3) is 0 Å². The lowest BCUT2D eigenvalue weighted by Gasteiger charge is -2.32. The number of ketones is 2. The molecule has 0 aromatic heterocycles. The molecule has 1 aliphatic carbocycles. The summed E-state index contributed by atoms with van der Waals surface area (Å²) < 4.78 is 0. The number of Topliss-reactive ketones (excluding diaryl/α,β-unsaturated/α-hetero) is 2. The number of carbonyl (C=O) groups is 2. The molecule has 1 aromatic rings. The number of nitrogens with zero attached hydrogens (tertiary/aromatic N) is 1. The predicted octanol–water partition coefficient (Wildman–Crippen LogP) is 2.60. The quantitative estimate of drug-likeness (QED) is 0.710. The summed E-state index contributed by atoms with van der Waals surface area (Å²) in [7, 11) is 0. The fraction of sp³-hybridized carbons (Fsp3) is 0.400. The van der Waals surface area contributed by atoms with Crippen molar-refractivity contribution in [3.8, 4) is 6.07 Å². The van der Waals surface area contributed by atoms with E-state index in [2.05, 4.69) is 6.07 Å². The van der Waals surface area contributed by atoms with Crippen molar-refractivity contribution in [1.82, 2.24) is 0 Å². The first kappa shape index (κ1) is 12.5. The van der Waals surface area contributed by atoms with Gasteiger partial charge in [0.1, 0.15) is 17.5 Å². The SMILES string of the molecule is CC1(C)CC(=O)C(c2ccccc2C#N)C(=O)C1. The van der Waals surface area contributed by atoms with Crippen molar-refractivity contribution in [2.24, 2.45) is 5.41 Å². The van der Waals surface area contributed by atoms with Crippen LogP contribution in [0, 0.1) is 16.7 Å². The number of hydrogen-bond acceptors (Lipinski definition) is 3. The molecule has 3 nitrogen and oxygen atoms in total. The standard InChI is InChI=1S/C15H15NO2/c1-15(2)7-12(17)14(13(18)8-15)11-6-4-3-5-10(11)9-16/h3-6,14H,7-8H2,1-2H3. The minimum atomic E-state index is -0.742. The first-order chi connectivity index (χ1) is 8.44. The molecule has 2 rings (SSSR count). The summed E-state index contributed by atoms with van der Waals surface area (Å²) >= 11 is 0. The summed E-state index contributed by atoms with van der Waals surface area (Å²) in [5.74, 6) is -0.883. The summed E-state index contributed by atoms with van der Waals surface area (Å²) in [5.41, 5.74) is 0.723. The second-order valence-electron chi connectivity index (χ2n) is 5.58. The van der Waals surface area contributed by atoms with Gasteiger partial charge in [0.15, 0.2) is 0 Å². The lowest BCUT2D eigenvalue weighted by Crippen LogP contribution is -2.36. The molecule has 92 valence electrons. The van der Waals surface area contributed by atoms with Crippen LogP contribution >= 0.6 is 0 Å². The van der Waals surface area contributed by atoms with Crippen LogP contribution in [0.5, 0.6) is 0 Å². The molecule has 1 aliphatic rings. The molecule has 0 aliphatic heterocycles. The third-order valence-corrected chi connectivity index (χ3v) is 3.34. The predicted molar refractivity (Wildman–Crippen MR) is 66.9 cm³/mol. The molecule has 0 N–H and O–H groups in total. The number of nitriles is 1. The molecule has 0 amide bonds. The lowest BCUT2D eigenvalue weighted by atomic mass is 9.69. The Morgan fingerprint density at radius 1 is 1.17 bits per heavy atom. The largest absolute Gasteiger partial charge is 0.299 e. The molecule has 0 radical (unpaired) electrons. The fourth-order valence-electron chi connectivity index (χ4n) is 2.59. The van der Waals surface area contributed by atoms with Gasteiger partial charge in [0, 0.05) is 12.8 Å². The average molecular weight is 241 g/mol. The highest BCUT2D eigenvalue weighted by Gasteiger charge is 2.40. The average Bonchev–Trinajstić information content (AvgIpc) is 2.27. The molecule has 1 saturated carbocycles. The van der Waals surface area contributed by atoms with Gasteiger partial charge in [-0.2, -0.15) is 5.26 Å². The molecule has 0 spiro atoms. The zero-order valence-corrected chi connectivity index (χ0v) is 10.6. The van der Waals surface area contributed by atoms with Gasteiger partial charge in [-0.25, -0.2) is 0 Å². The molecule has 0 atom stereocenters. The van der Waals surface area contributed by atoms with E-state index in [1.807, 2.05) is 13.8 Å². The molecule has 0 unspecified atom stereocenters. The number of benzene rings is 1. The van der Waals surface area contributed by atoms with E-state index in [9.17, 15) is 9.59 Å². The van der Waals surface area contributed by atoms with Crippen LogP contribution in [-0.4, -0.2) is 11.6 Å². The summed E-state index contributed by atoms with van der Waals surface area (Å²) in [5, 5.41) is 9.05. The van der Waals surface area contributed by atoms with Gasteiger partial charge in [0.2, 0.25) is 0 Å². The van der Waals surface area contributed by atoms with Crippen LogP contribution < -0.4 is 0 Å². The molecule has 0 saturated heterocycles. The van der Waals surface area contributed by atoms with E-state index in [1.165, 1.54) is 0 Å². The van der Waals surface area contributed by atoms with Crippen LogP contribution in [-0.2, 0) is 9.59 Å². The maximum Gasteiger partial charge on any atom is 0.148 e. The maximum atomic E-state index is 12.2. The summed E-state index contributed by atoms with van der Waals surface area (Å²) in [6, 6.07) is 8.90. The van der Waals surface area contributed by atoms with Crippen molar-refractivity contribution < 1.29 is 9.59 Å². The van der Waals surface area contributed by atoms with Crippen molar-refractivity contribution in [3.05, 3.63) is 35.4 Å². The van der Waals surface area contributed by atoms with E-state index < -0.39 is 5.92 Å². The van der Waals surface area contributed by atoms with Gasteiger partial charge in [0.05, 0.1) is 11.6 Å². The zero-order chi connectivity index (χ0) is 13.3. The smallest absolute Gasteiger partial charge is 0.148 e. The van der Waals surface area contributed by atoms with Gasteiger partial charge in [-0.3, -0.25) is 9.59 Å². The maximum absolute atomic E-state index is 12.2. The first-order valence-corrected chi connectivity index (χ1v) is 5.99. The van der Waals surface area contributed by atoms with Crippen molar-refractivity contribution in [2.45, 2.75) is 32.6 Å². The Balaban J connectivity index is 2.43. The van der Waals surface area contributed by atoms with Gasteiger partial charge in [-0.15, -0.1) is 0 Å². The molecular formula is C15H15NO2. The second-order valence-corrected chi connectivity index (χ2v) is 5.58. The highest BCUT2D eigenvalue weighted by Crippen LogP contribution is 2.38. The zero-order valence-electron chi connectivity index (χ0n) is 10.6. The Labute approximate surface area is 106 Å². The molecule has 3 heteroatoms. The van der Waals surface area contributed by atoms with E-state index in [0.717, 1.165) is 0 Å². The van der Waals surface area contributed by atoms with E-state index in [0.29, 0.717) is 24.0 Å². The third kappa shape index (κ3) is 2.19. The van der Waals surface area contributed by atoms with Gasteiger partial charge in [-0.1, -0.05) is 32.0 Å².